The standard InChI is InChI=1S/C10H19F3OS/c11-10(12,13)6-5-8-14-7-3-1-2-4-9-15/h15H,1-9H2. The van der Waals surface area contributed by atoms with Crippen molar-refractivity contribution in [2.75, 3.05) is 19.0 Å². The topological polar surface area (TPSA) is 9.23 Å². The Bertz CT molecular complexity index is 139. The molecule has 0 aromatic rings. The maximum atomic E-state index is 11.7. The molecular formula is C10H19F3OS. The molecule has 5 heteroatoms. The fourth-order valence-corrected chi connectivity index (χ4v) is 1.37. The van der Waals surface area contributed by atoms with Crippen molar-refractivity contribution in [2.24, 2.45) is 0 Å². The summed E-state index contributed by atoms with van der Waals surface area (Å²) in [5, 5.41) is 0. The first-order chi connectivity index (χ1) is 7.06. The lowest BCUT2D eigenvalue weighted by Crippen LogP contribution is -2.09. The highest BCUT2D eigenvalue weighted by molar-refractivity contribution is 7.80. The molecule has 0 saturated carbocycles. The molecule has 0 bridgehead atoms. The molecular weight excluding hydrogens is 225 g/mol. The molecule has 0 spiro atoms. The predicted molar refractivity (Wildman–Crippen MR) is 58.4 cm³/mol. The molecule has 0 radical (unpaired) electrons. The van der Waals surface area contributed by atoms with Crippen LogP contribution in [0.5, 0.6) is 0 Å². The first-order valence-corrected chi connectivity index (χ1v) is 5.95. The molecule has 0 unspecified atom stereocenters. The molecule has 0 aliphatic carbocycles. The van der Waals surface area contributed by atoms with Crippen molar-refractivity contribution in [3.63, 3.8) is 0 Å². The lowest BCUT2D eigenvalue weighted by Gasteiger charge is -2.06. The van der Waals surface area contributed by atoms with E-state index < -0.39 is 12.6 Å². The zero-order chi connectivity index (χ0) is 11.6. The zero-order valence-electron chi connectivity index (χ0n) is 8.85. The molecule has 0 saturated heterocycles. The van der Waals surface area contributed by atoms with Gasteiger partial charge in [-0.2, -0.15) is 25.8 Å². The first kappa shape index (κ1) is 15.1. The van der Waals surface area contributed by atoms with Crippen molar-refractivity contribution in [2.45, 2.75) is 44.7 Å². The first-order valence-electron chi connectivity index (χ1n) is 5.31. The van der Waals surface area contributed by atoms with Gasteiger partial charge in [0.1, 0.15) is 0 Å². The summed E-state index contributed by atoms with van der Waals surface area (Å²) < 4.78 is 40.2. The normalized spacial score (nSPS) is 12.0. The van der Waals surface area contributed by atoms with Crippen LogP contribution in [-0.4, -0.2) is 25.1 Å². The number of alkyl halides is 3. The quantitative estimate of drug-likeness (QED) is 0.479. The molecule has 0 rings (SSSR count). The van der Waals surface area contributed by atoms with Crippen LogP contribution in [0.1, 0.15) is 38.5 Å². The van der Waals surface area contributed by atoms with E-state index in [1.807, 2.05) is 0 Å². The van der Waals surface area contributed by atoms with Gasteiger partial charge in [0.05, 0.1) is 0 Å². The average Bonchev–Trinajstić information content (AvgIpc) is 2.14. The molecule has 0 heterocycles. The zero-order valence-corrected chi connectivity index (χ0v) is 9.75. The summed E-state index contributed by atoms with van der Waals surface area (Å²) in [5.41, 5.74) is 0. The molecule has 0 aliphatic heterocycles. The second-order valence-electron chi connectivity index (χ2n) is 3.47. The molecule has 15 heavy (non-hydrogen) atoms. The number of halogens is 3. The van der Waals surface area contributed by atoms with Gasteiger partial charge in [-0.15, -0.1) is 0 Å². The minimum Gasteiger partial charge on any atom is -0.381 e. The van der Waals surface area contributed by atoms with Gasteiger partial charge in [0.15, 0.2) is 0 Å². The number of thiol groups is 1. The maximum absolute atomic E-state index is 11.7. The van der Waals surface area contributed by atoms with Crippen LogP contribution < -0.4 is 0 Å². The minimum atomic E-state index is -4.05. The maximum Gasteiger partial charge on any atom is 0.389 e. The minimum absolute atomic E-state index is 0.0696. The van der Waals surface area contributed by atoms with Crippen LogP contribution in [0.2, 0.25) is 0 Å². The van der Waals surface area contributed by atoms with Gasteiger partial charge in [-0.05, 0) is 25.0 Å². The second kappa shape index (κ2) is 9.33. The van der Waals surface area contributed by atoms with Gasteiger partial charge in [-0.1, -0.05) is 12.8 Å². The van der Waals surface area contributed by atoms with Gasteiger partial charge in [-0.25, -0.2) is 0 Å². The highest BCUT2D eigenvalue weighted by Crippen LogP contribution is 2.20. The van der Waals surface area contributed by atoms with Gasteiger partial charge in [0.2, 0.25) is 0 Å². The predicted octanol–water partition coefficient (Wildman–Crippen LogP) is 3.84. The lowest BCUT2D eigenvalue weighted by molar-refractivity contribution is -0.137. The van der Waals surface area contributed by atoms with Crippen LogP contribution in [0.15, 0.2) is 0 Å². The van der Waals surface area contributed by atoms with Gasteiger partial charge in [0, 0.05) is 19.6 Å². The van der Waals surface area contributed by atoms with Gasteiger partial charge >= 0.3 is 6.18 Å². The van der Waals surface area contributed by atoms with E-state index >= 15 is 0 Å². The van der Waals surface area contributed by atoms with E-state index in [-0.39, 0.29) is 13.0 Å². The Morgan fingerprint density at radius 1 is 0.867 bits per heavy atom. The Kier molecular flexibility index (Phi) is 9.40. The van der Waals surface area contributed by atoms with Crippen molar-refractivity contribution in [3.05, 3.63) is 0 Å². The summed E-state index contributed by atoms with van der Waals surface area (Å²) in [6, 6.07) is 0. The molecule has 0 aliphatic rings. The van der Waals surface area contributed by atoms with E-state index in [0.29, 0.717) is 6.61 Å². The molecule has 0 amide bonds. The number of unbranched alkanes of at least 4 members (excludes halogenated alkanes) is 3. The van der Waals surface area contributed by atoms with E-state index in [1.165, 1.54) is 0 Å². The van der Waals surface area contributed by atoms with Crippen molar-refractivity contribution in [1.82, 2.24) is 0 Å². The summed E-state index contributed by atoms with van der Waals surface area (Å²) in [6.45, 7) is 0.788. The van der Waals surface area contributed by atoms with Crippen LogP contribution in [0.4, 0.5) is 13.2 Å². The summed E-state index contributed by atoms with van der Waals surface area (Å²) in [7, 11) is 0. The molecule has 92 valence electrons. The summed E-state index contributed by atoms with van der Waals surface area (Å²) >= 11 is 4.08. The van der Waals surface area contributed by atoms with Crippen LogP contribution >= 0.6 is 12.6 Å². The number of hydrogen-bond acceptors (Lipinski definition) is 2. The number of ether oxygens (including phenoxy) is 1. The van der Waals surface area contributed by atoms with Crippen LogP contribution in [0, 0.1) is 0 Å². The summed E-state index contributed by atoms with van der Waals surface area (Å²) in [6.07, 6.45) is -0.505. The molecule has 0 aromatic heterocycles. The largest absolute Gasteiger partial charge is 0.389 e. The van der Waals surface area contributed by atoms with Crippen molar-refractivity contribution >= 4 is 12.6 Å². The smallest absolute Gasteiger partial charge is 0.381 e. The highest BCUT2D eigenvalue weighted by atomic mass is 32.1. The molecule has 0 aromatic carbocycles. The van der Waals surface area contributed by atoms with Gasteiger partial charge in [-0.3, -0.25) is 0 Å². The van der Waals surface area contributed by atoms with Crippen LogP contribution in [0.3, 0.4) is 0 Å². The van der Waals surface area contributed by atoms with Crippen LogP contribution in [-0.2, 0) is 4.74 Å². The van der Waals surface area contributed by atoms with Crippen molar-refractivity contribution in [3.8, 4) is 0 Å². The highest BCUT2D eigenvalue weighted by Gasteiger charge is 2.25. The molecule has 0 atom stereocenters. The summed E-state index contributed by atoms with van der Waals surface area (Å²) in [4.78, 5) is 0. The van der Waals surface area contributed by atoms with E-state index in [4.69, 9.17) is 4.74 Å². The van der Waals surface area contributed by atoms with Gasteiger partial charge < -0.3 is 4.74 Å². The van der Waals surface area contributed by atoms with E-state index in [0.717, 1.165) is 31.4 Å². The fraction of sp³-hybridized carbons (Fsp3) is 1.00. The number of hydrogen-bond donors (Lipinski definition) is 1. The average molecular weight is 244 g/mol. The fourth-order valence-electron chi connectivity index (χ4n) is 1.15. The molecule has 0 fully saturated rings. The Morgan fingerprint density at radius 3 is 2.07 bits per heavy atom. The Morgan fingerprint density at radius 2 is 1.47 bits per heavy atom. The molecule has 0 N–H and O–H groups in total. The Labute approximate surface area is 94.8 Å². The third-order valence-electron chi connectivity index (χ3n) is 1.95. The SMILES string of the molecule is FC(F)(F)CCCOCCCCCCS. The molecule has 1 nitrogen and oxygen atoms in total. The second-order valence-corrected chi connectivity index (χ2v) is 3.92. The van der Waals surface area contributed by atoms with E-state index in [9.17, 15) is 13.2 Å². The van der Waals surface area contributed by atoms with Crippen molar-refractivity contribution in [1.29, 1.82) is 0 Å². The lowest BCUT2D eigenvalue weighted by atomic mass is 10.2. The van der Waals surface area contributed by atoms with E-state index in [2.05, 4.69) is 12.6 Å². The summed E-state index contributed by atoms with van der Waals surface area (Å²) in [5.74, 6) is 0.895. The Balaban J connectivity index is 2.99. The van der Waals surface area contributed by atoms with Crippen LogP contribution in [0.25, 0.3) is 0 Å². The Hall–Kier alpha value is 0.100. The number of rotatable bonds is 9. The monoisotopic (exact) mass is 244 g/mol. The van der Waals surface area contributed by atoms with E-state index in [1.54, 1.807) is 0 Å². The third-order valence-corrected chi connectivity index (χ3v) is 2.26. The van der Waals surface area contributed by atoms with Crippen molar-refractivity contribution < 1.29 is 17.9 Å². The van der Waals surface area contributed by atoms with Gasteiger partial charge in [0.25, 0.3) is 0 Å². The third kappa shape index (κ3) is 14.1.